The molecule has 3 heteroatoms. The van der Waals surface area contributed by atoms with E-state index < -0.39 is 0 Å². The summed E-state index contributed by atoms with van der Waals surface area (Å²) in [5, 5.41) is 5.01. The molecule has 1 nitrogen and oxygen atoms in total. The Morgan fingerprint density at radius 1 is 1.05 bits per heavy atom. The van der Waals surface area contributed by atoms with Crippen LogP contribution in [0.2, 0.25) is 5.02 Å². The number of carbonyl (C=O) groups excluding carboxylic acids is 1. The zero-order valence-electron chi connectivity index (χ0n) is 9.99. The van der Waals surface area contributed by atoms with Gasteiger partial charge in [0.05, 0.1) is 5.33 Å². The molecule has 3 rings (SSSR count). The molecule has 0 bridgehead atoms. The number of Topliss-reactive ketones (excluding diaryl/α,β-unsaturated/α-hetero) is 1. The molecule has 0 aliphatic rings. The lowest BCUT2D eigenvalue weighted by Gasteiger charge is -2.10. The lowest BCUT2D eigenvalue weighted by atomic mass is 9.95. The SMILES string of the molecule is O=C(CBr)c1cc2cccc(Cl)c2c2ccccc12. The van der Waals surface area contributed by atoms with E-state index in [2.05, 4.69) is 15.9 Å². The smallest absolute Gasteiger partial charge is 0.174 e. The molecule has 0 fully saturated rings. The van der Waals surface area contributed by atoms with Crippen LogP contribution in [0.4, 0.5) is 0 Å². The highest BCUT2D eigenvalue weighted by Crippen LogP contribution is 2.33. The van der Waals surface area contributed by atoms with Crippen LogP contribution in [0, 0.1) is 0 Å². The molecule has 3 aromatic rings. The molecule has 0 atom stereocenters. The van der Waals surface area contributed by atoms with Crippen LogP contribution in [0.5, 0.6) is 0 Å². The van der Waals surface area contributed by atoms with Gasteiger partial charge in [0, 0.05) is 16.0 Å². The fourth-order valence-corrected chi connectivity index (χ4v) is 3.00. The number of hydrogen-bond acceptors (Lipinski definition) is 1. The van der Waals surface area contributed by atoms with Gasteiger partial charge in [-0.3, -0.25) is 4.79 Å². The topological polar surface area (TPSA) is 17.1 Å². The molecule has 0 aliphatic heterocycles. The Bertz CT molecular complexity index is 795. The summed E-state index contributed by atoms with van der Waals surface area (Å²) in [5.41, 5.74) is 0.738. The van der Waals surface area contributed by atoms with Gasteiger partial charge in [0.2, 0.25) is 0 Å². The summed E-state index contributed by atoms with van der Waals surface area (Å²) in [7, 11) is 0. The van der Waals surface area contributed by atoms with Gasteiger partial charge in [-0.2, -0.15) is 0 Å². The summed E-state index contributed by atoms with van der Waals surface area (Å²) in [6.07, 6.45) is 0. The number of fused-ring (bicyclic) bond motifs is 3. The number of halogens is 2. The molecule has 19 heavy (non-hydrogen) atoms. The average molecular weight is 334 g/mol. The monoisotopic (exact) mass is 332 g/mol. The van der Waals surface area contributed by atoms with Gasteiger partial charge in [-0.05, 0) is 28.3 Å². The number of carbonyl (C=O) groups is 1. The molecule has 0 N–H and O–H groups in total. The van der Waals surface area contributed by atoms with Crippen LogP contribution >= 0.6 is 27.5 Å². The second-order valence-electron chi connectivity index (χ2n) is 4.36. The van der Waals surface area contributed by atoms with Gasteiger partial charge >= 0.3 is 0 Å². The minimum Gasteiger partial charge on any atom is -0.293 e. The van der Waals surface area contributed by atoms with Crippen molar-refractivity contribution in [1.82, 2.24) is 0 Å². The highest BCUT2D eigenvalue weighted by atomic mass is 79.9. The first-order valence-electron chi connectivity index (χ1n) is 5.91. The molecule has 0 aromatic heterocycles. The zero-order valence-corrected chi connectivity index (χ0v) is 12.3. The van der Waals surface area contributed by atoms with E-state index >= 15 is 0 Å². The lowest BCUT2D eigenvalue weighted by molar-refractivity contribution is 0.102. The van der Waals surface area contributed by atoms with Gasteiger partial charge in [0.25, 0.3) is 0 Å². The summed E-state index contributed by atoms with van der Waals surface area (Å²) in [5.74, 6) is 0.0816. The van der Waals surface area contributed by atoms with E-state index in [1.807, 2.05) is 48.5 Å². The van der Waals surface area contributed by atoms with Crippen molar-refractivity contribution >= 4 is 54.9 Å². The van der Waals surface area contributed by atoms with Crippen molar-refractivity contribution in [3.63, 3.8) is 0 Å². The molecular formula is C16H10BrClO. The van der Waals surface area contributed by atoms with Crippen LogP contribution in [0.1, 0.15) is 10.4 Å². The summed E-state index contributed by atoms with van der Waals surface area (Å²) >= 11 is 9.55. The van der Waals surface area contributed by atoms with Crippen LogP contribution in [-0.2, 0) is 0 Å². The fourth-order valence-electron chi connectivity index (χ4n) is 2.42. The first-order valence-corrected chi connectivity index (χ1v) is 7.41. The van der Waals surface area contributed by atoms with Crippen LogP contribution < -0.4 is 0 Å². The number of benzene rings is 3. The Morgan fingerprint density at radius 2 is 1.79 bits per heavy atom. The summed E-state index contributed by atoms with van der Waals surface area (Å²) in [6.45, 7) is 0. The Hall–Kier alpha value is -1.38. The van der Waals surface area contributed by atoms with Crippen LogP contribution in [0.25, 0.3) is 21.5 Å². The van der Waals surface area contributed by atoms with E-state index in [0.717, 1.165) is 27.1 Å². The molecule has 94 valence electrons. The number of rotatable bonds is 2. The molecule has 0 spiro atoms. The van der Waals surface area contributed by atoms with Gasteiger partial charge in [-0.25, -0.2) is 0 Å². The van der Waals surface area contributed by atoms with Gasteiger partial charge in [0.1, 0.15) is 0 Å². The molecule has 0 heterocycles. The van der Waals surface area contributed by atoms with E-state index in [-0.39, 0.29) is 5.78 Å². The fraction of sp³-hybridized carbons (Fsp3) is 0.0625. The predicted octanol–water partition coefficient (Wildman–Crippen LogP) is 5.22. The minimum absolute atomic E-state index is 0.0816. The van der Waals surface area contributed by atoms with E-state index in [1.54, 1.807) is 0 Å². The van der Waals surface area contributed by atoms with Crippen molar-refractivity contribution in [3.8, 4) is 0 Å². The highest BCUT2D eigenvalue weighted by Gasteiger charge is 2.13. The molecule has 0 radical (unpaired) electrons. The molecule has 3 aromatic carbocycles. The summed E-state index contributed by atoms with van der Waals surface area (Å²) in [6, 6.07) is 15.6. The lowest BCUT2D eigenvalue weighted by Crippen LogP contribution is -2.01. The van der Waals surface area contributed by atoms with Gasteiger partial charge in [0.15, 0.2) is 5.78 Å². The van der Waals surface area contributed by atoms with Crippen molar-refractivity contribution < 1.29 is 4.79 Å². The average Bonchev–Trinajstić information content (AvgIpc) is 2.45. The molecule has 0 aliphatic carbocycles. The molecular weight excluding hydrogens is 324 g/mol. The maximum atomic E-state index is 12.1. The van der Waals surface area contributed by atoms with Crippen LogP contribution in [-0.4, -0.2) is 11.1 Å². The van der Waals surface area contributed by atoms with Crippen molar-refractivity contribution in [3.05, 3.63) is 59.1 Å². The van der Waals surface area contributed by atoms with E-state index in [9.17, 15) is 4.79 Å². The van der Waals surface area contributed by atoms with Gasteiger partial charge in [-0.15, -0.1) is 0 Å². The van der Waals surface area contributed by atoms with Crippen LogP contribution in [0.3, 0.4) is 0 Å². The van der Waals surface area contributed by atoms with Gasteiger partial charge < -0.3 is 0 Å². The highest BCUT2D eigenvalue weighted by molar-refractivity contribution is 9.09. The standard InChI is InChI=1S/C16H10BrClO/c17-9-15(19)13-8-10-4-3-7-14(18)16(10)12-6-2-1-5-11(12)13/h1-8H,9H2. The second-order valence-corrected chi connectivity index (χ2v) is 5.33. The normalized spacial score (nSPS) is 11.1. The van der Waals surface area contributed by atoms with Crippen molar-refractivity contribution in [2.24, 2.45) is 0 Å². The molecule has 0 saturated heterocycles. The molecule has 0 amide bonds. The summed E-state index contributed by atoms with van der Waals surface area (Å²) in [4.78, 5) is 12.1. The van der Waals surface area contributed by atoms with E-state index in [1.165, 1.54) is 0 Å². The van der Waals surface area contributed by atoms with E-state index in [4.69, 9.17) is 11.6 Å². The largest absolute Gasteiger partial charge is 0.293 e. The minimum atomic E-state index is 0.0816. The number of ketones is 1. The third kappa shape index (κ3) is 2.05. The van der Waals surface area contributed by atoms with E-state index in [0.29, 0.717) is 10.4 Å². The third-order valence-corrected chi connectivity index (χ3v) is 4.08. The Labute approximate surface area is 124 Å². The van der Waals surface area contributed by atoms with Crippen molar-refractivity contribution in [2.45, 2.75) is 0 Å². The van der Waals surface area contributed by atoms with Gasteiger partial charge in [-0.1, -0.05) is 63.9 Å². The molecule has 0 unspecified atom stereocenters. The van der Waals surface area contributed by atoms with Crippen molar-refractivity contribution in [1.29, 1.82) is 0 Å². The first-order chi connectivity index (χ1) is 9.22. The number of alkyl halides is 1. The predicted molar refractivity (Wildman–Crippen MR) is 84.6 cm³/mol. The number of hydrogen-bond donors (Lipinski definition) is 0. The van der Waals surface area contributed by atoms with Crippen LogP contribution in [0.15, 0.2) is 48.5 Å². The maximum absolute atomic E-state index is 12.1. The second kappa shape index (κ2) is 4.95. The quantitative estimate of drug-likeness (QED) is 0.357. The first kappa shape index (κ1) is 12.6. The third-order valence-electron chi connectivity index (χ3n) is 3.25. The summed E-state index contributed by atoms with van der Waals surface area (Å²) < 4.78 is 0. The van der Waals surface area contributed by atoms with Crippen molar-refractivity contribution in [2.75, 3.05) is 5.33 Å². The Morgan fingerprint density at radius 3 is 2.53 bits per heavy atom. The molecule has 0 saturated carbocycles. The Kier molecular flexibility index (Phi) is 3.29. The maximum Gasteiger partial charge on any atom is 0.174 e. The zero-order chi connectivity index (χ0) is 13.4. The Balaban J connectivity index is 2.54.